The first-order valence-electron chi connectivity index (χ1n) is 10.7. The van der Waals surface area contributed by atoms with Gasteiger partial charge in [0, 0.05) is 72.1 Å². The molecule has 4 aromatic rings. The average molecular weight is 425 g/mol. The third-order valence-electron chi connectivity index (χ3n) is 5.95. The number of aromatic amines is 1. The third kappa shape index (κ3) is 3.94. The van der Waals surface area contributed by atoms with E-state index in [0.717, 1.165) is 77.5 Å². The van der Waals surface area contributed by atoms with Gasteiger partial charge in [0.15, 0.2) is 0 Å². The molecule has 2 N–H and O–H groups in total. The van der Waals surface area contributed by atoms with Crippen molar-refractivity contribution >= 4 is 22.3 Å². The zero-order valence-corrected chi connectivity index (χ0v) is 17.9. The van der Waals surface area contributed by atoms with E-state index in [-0.39, 0.29) is 0 Å². The number of nitriles is 1. The second kappa shape index (κ2) is 8.79. The number of benzene rings is 1. The fourth-order valence-corrected chi connectivity index (χ4v) is 4.12. The van der Waals surface area contributed by atoms with Crippen LogP contribution in [0.1, 0.15) is 16.8 Å². The number of hydrogen-bond donors (Lipinski definition) is 2. The van der Waals surface area contributed by atoms with Crippen LogP contribution < -0.4 is 5.32 Å². The average Bonchev–Trinajstić information content (AvgIpc) is 3.32. The molecule has 7 heteroatoms. The van der Waals surface area contributed by atoms with Crippen molar-refractivity contribution in [1.29, 1.82) is 5.26 Å². The zero-order chi connectivity index (χ0) is 21.9. The highest BCUT2D eigenvalue weighted by Crippen LogP contribution is 2.34. The van der Waals surface area contributed by atoms with Crippen LogP contribution in [0.3, 0.4) is 0 Å². The molecule has 0 aliphatic carbocycles. The number of aryl methyl sites for hydroxylation is 1. The minimum atomic E-state index is 0.494. The maximum Gasteiger partial charge on any atom is 0.103 e. The third-order valence-corrected chi connectivity index (χ3v) is 5.95. The maximum atomic E-state index is 9.74. The summed E-state index contributed by atoms with van der Waals surface area (Å²) in [5.41, 5.74) is 7.18. The molecular weight excluding hydrogens is 400 g/mol. The first kappa shape index (κ1) is 20.2. The quantitative estimate of drug-likeness (QED) is 0.494. The van der Waals surface area contributed by atoms with Gasteiger partial charge in [-0.3, -0.25) is 14.9 Å². The number of morpholine rings is 1. The van der Waals surface area contributed by atoms with E-state index in [1.165, 1.54) is 0 Å². The van der Waals surface area contributed by atoms with E-state index in [2.05, 4.69) is 44.2 Å². The van der Waals surface area contributed by atoms with E-state index in [1.54, 1.807) is 12.4 Å². The lowest BCUT2D eigenvalue weighted by molar-refractivity contribution is 0.0336. The van der Waals surface area contributed by atoms with Crippen LogP contribution >= 0.6 is 0 Å². The van der Waals surface area contributed by atoms with Crippen LogP contribution in [0.2, 0.25) is 0 Å². The van der Waals surface area contributed by atoms with Crippen molar-refractivity contribution in [2.45, 2.75) is 13.5 Å². The second-order valence-corrected chi connectivity index (χ2v) is 7.95. The summed E-state index contributed by atoms with van der Waals surface area (Å²) in [6.07, 6.45) is 7.17. The summed E-state index contributed by atoms with van der Waals surface area (Å²) in [5.74, 6) is 0. The Morgan fingerprint density at radius 2 is 2.00 bits per heavy atom. The number of fused-ring (bicyclic) bond motifs is 1. The Hall–Kier alpha value is -3.73. The minimum absolute atomic E-state index is 0.494. The Labute approximate surface area is 186 Å². The number of rotatable bonds is 5. The minimum Gasteiger partial charge on any atom is -0.379 e. The van der Waals surface area contributed by atoms with Crippen LogP contribution in [0.15, 0.2) is 55.1 Å². The lowest BCUT2D eigenvalue weighted by Crippen LogP contribution is -2.35. The Bertz CT molecular complexity index is 1280. The van der Waals surface area contributed by atoms with Crippen LogP contribution in [0, 0.1) is 18.3 Å². The van der Waals surface area contributed by atoms with Crippen molar-refractivity contribution < 1.29 is 4.74 Å². The molecule has 160 valence electrons. The molecule has 0 amide bonds. The van der Waals surface area contributed by atoms with E-state index >= 15 is 0 Å². The molecule has 1 aromatic carbocycles. The molecular formula is C25H24N6O. The molecule has 1 aliphatic heterocycles. The van der Waals surface area contributed by atoms with Crippen LogP contribution in [0.25, 0.3) is 22.0 Å². The molecule has 0 atom stereocenters. The van der Waals surface area contributed by atoms with Crippen LogP contribution in [-0.2, 0) is 11.3 Å². The molecule has 32 heavy (non-hydrogen) atoms. The second-order valence-electron chi connectivity index (χ2n) is 7.95. The van der Waals surface area contributed by atoms with Crippen LogP contribution in [0.4, 0.5) is 11.4 Å². The fourth-order valence-electron chi connectivity index (χ4n) is 4.12. The number of aromatic nitrogens is 3. The molecule has 0 radical (unpaired) electrons. The van der Waals surface area contributed by atoms with Crippen molar-refractivity contribution in [3.63, 3.8) is 0 Å². The number of hydrogen-bond acceptors (Lipinski definition) is 6. The maximum absolute atomic E-state index is 9.74. The molecule has 1 saturated heterocycles. The first-order chi connectivity index (χ1) is 15.7. The SMILES string of the molecule is Cc1c(Nc2c(C#N)cncc2-c2ccc(CN3CCOCC3)nc2)ccc2[nH]ccc12. The first-order valence-corrected chi connectivity index (χ1v) is 10.7. The molecule has 7 nitrogen and oxygen atoms in total. The molecule has 5 rings (SSSR count). The molecule has 0 saturated carbocycles. The Morgan fingerprint density at radius 1 is 1.12 bits per heavy atom. The molecule has 4 heterocycles. The lowest BCUT2D eigenvalue weighted by atomic mass is 10.0. The van der Waals surface area contributed by atoms with Crippen molar-refractivity contribution in [2.24, 2.45) is 0 Å². The lowest BCUT2D eigenvalue weighted by Gasteiger charge is -2.26. The van der Waals surface area contributed by atoms with Gasteiger partial charge in [-0.15, -0.1) is 0 Å². The molecule has 3 aromatic heterocycles. The Morgan fingerprint density at radius 3 is 2.78 bits per heavy atom. The van der Waals surface area contributed by atoms with Crippen LogP contribution in [-0.4, -0.2) is 46.2 Å². The monoisotopic (exact) mass is 424 g/mol. The summed E-state index contributed by atoms with van der Waals surface area (Å²) in [5, 5.41) is 14.4. The van der Waals surface area contributed by atoms with Crippen molar-refractivity contribution in [3.8, 4) is 17.2 Å². The smallest absolute Gasteiger partial charge is 0.103 e. The van der Waals surface area contributed by atoms with Gasteiger partial charge in [0.2, 0.25) is 0 Å². The van der Waals surface area contributed by atoms with Gasteiger partial charge in [-0.25, -0.2) is 0 Å². The van der Waals surface area contributed by atoms with E-state index in [0.29, 0.717) is 5.56 Å². The summed E-state index contributed by atoms with van der Waals surface area (Å²) < 4.78 is 5.42. The number of pyridine rings is 2. The summed E-state index contributed by atoms with van der Waals surface area (Å²) in [4.78, 5) is 14.6. The van der Waals surface area contributed by atoms with Gasteiger partial charge in [0.25, 0.3) is 0 Å². The summed E-state index contributed by atoms with van der Waals surface area (Å²) in [6.45, 7) is 6.28. The van der Waals surface area contributed by atoms with Gasteiger partial charge in [-0.2, -0.15) is 5.26 Å². The number of nitrogens with zero attached hydrogens (tertiary/aromatic N) is 4. The summed E-state index contributed by atoms with van der Waals surface area (Å²) >= 11 is 0. The van der Waals surface area contributed by atoms with Crippen molar-refractivity contribution in [3.05, 3.63) is 71.9 Å². The van der Waals surface area contributed by atoms with Gasteiger partial charge in [-0.05, 0) is 36.8 Å². The van der Waals surface area contributed by atoms with E-state index in [4.69, 9.17) is 4.74 Å². The zero-order valence-electron chi connectivity index (χ0n) is 17.9. The number of H-pyrrole nitrogens is 1. The fraction of sp³-hybridized carbons (Fsp3) is 0.240. The highest BCUT2D eigenvalue weighted by Gasteiger charge is 2.15. The van der Waals surface area contributed by atoms with Crippen LogP contribution in [0.5, 0.6) is 0 Å². The largest absolute Gasteiger partial charge is 0.379 e. The number of ether oxygens (including phenoxy) is 1. The summed E-state index contributed by atoms with van der Waals surface area (Å²) in [6, 6.07) is 12.5. The predicted octanol–water partition coefficient (Wildman–Crippen LogP) is 4.38. The van der Waals surface area contributed by atoms with Gasteiger partial charge >= 0.3 is 0 Å². The summed E-state index contributed by atoms with van der Waals surface area (Å²) in [7, 11) is 0. The molecule has 0 bridgehead atoms. The molecule has 0 unspecified atom stereocenters. The topological polar surface area (TPSA) is 89.9 Å². The van der Waals surface area contributed by atoms with E-state index in [9.17, 15) is 5.26 Å². The van der Waals surface area contributed by atoms with E-state index < -0.39 is 0 Å². The highest BCUT2D eigenvalue weighted by atomic mass is 16.5. The van der Waals surface area contributed by atoms with Gasteiger partial charge in [-0.1, -0.05) is 6.07 Å². The standard InChI is InChI=1S/C25H24N6O/c1-17-21-6-7-28-24(21)5-4-23(17)30-25-19(12-26)13-27-15-22(25)18-2-3-20(29-14-18)16-31-8-10-32-11-9-31/h2-7,13-15,28H,8-11,16H2,1H3,(H,27,30). The molecule has 1 fully saturated rings. The highest BCUT2D eigenvalue weighted by molar-refractivity contribution is 5.91. The van der Waals surface area contributed by atoms with Gasteiger partial charge < -0.3 is 15.0 Å². The van der Waals surface area contributed by atoms with E-state index in [1.807, 2.05) is 36.7 Å². The number of anilines is 2. The van der Waals surface area contributed by atoms with Crippen molar-refractivity contribution in [1.82, 2.24) is 19.9 Å². The number of nitrogens with one attached hydrogen (secondary N) is 2. The Kier molecular flexibility index (Phi) is 5.55. The Balaban J connectivity index is 1.46. The van der Waals surface area contributed by atoms with Gasteiger partial charge in [0.05, 0.1) is 30.2 Å². The predicted molar refractivity (Wildman–Crippen MR) is 125 cm³/mol. The molecule has 1 aliphatic rings. The van der Waals surface area contributed by atoms with Crippen molar-refractivity contribution in [2.75, 3.05) is 31.6 Å². The molecule has 0 spiro atoms. The van der Waals surface area contributed by atoms with Gasteiger partial charge in [0.1, 0.15) is 6.07 Å². The normalized spacial score (nSPS) is 14.4.